The van der Waals surface area contributed by atoms with Crippen LogP contribution in [0.15, 0.2) is 30.5 Å². The van der Waals surface area contributed by atoms with Gasteiger partial charge >= 0.3 is 0 Å². The van der Waals surface area contributed by atoms with E-state index < -0.39 is 0 Å². The number of amides is 3. The number of nitrogens with zero attached hydrogens (tertiary/aromatic N) is 5. The van der Waals surface area contributed by atoms with E-state index in [0.717, 1.165) is 75.2 Å². The van der Waals surface area contributed by atoms with Crippen LogP contribution in [0, 0.1) is 0 Å². The smallest absolute Gasteiger partial charge is 0.238 e. The second kappa shape index (κ2) is 11.6. The van der Waals surface area contributed by atoms with Crippen LogP contribution in [0.2, 0.25) is 0 Å². The third kappa shape index (κ3) is 7.23. The predicted molar refractivity (Wildman–Crippen MR) is 138 cm³/mol. The summed E-state index contributed by atoms with van der Waals surface area (Å²) in [6, 6.07) is 7.92. The summed E-state index contributed by atoms with van der Waals surface area (Å²) >= 11 is 1.50. The topological polar surface area (TPSA) is 101 Å². The average Bonchev–Trinajstić information content (AvgIpc) is 3.27. The SMILES string of the molecule is CC(=O)Nc1ncc(CN2CCN(CC(=O)Nc3ccc(N4CCN(C(C)=O)CC4)cc3)CC2)s1. The van der Waals surface area contributed by atoms with Crippen molar-refractivity contribution in [3.8, 4) is 0 Å². The maximum absolute atomic E-state index is 12.6. The summed E-state index contributed by atoms with van der Waals surface area (Å²) < 4.78 is 0. The lowest BCUT2D eigenvalue weighted by Crippen LogP contribution is -2.48. The summed E-state index contributed by atoms with van der Waals surface area (Å²) in [5.74, 6) is 0.00263. The summed E-state index contributed by atoms with van der Waals surface area (Å²) in [6.45, 7) is 10.8. The molecule has 2 saturated heterocycles. The summed E-state index contributed by atoms with van der Waals surface area (Å²) in [5.41, 5.74) is 1.90. The second-order valence-electron chi connectivity index (χ2n) is 8.95. The Bertz CT molecular complexity index is 1030. The number of rotatable bonds is 7. The Kier molecular flexibility index (Phi) is 8.32. The van der Waals surface area contributed by atoms with E-state index in [1.54, 1.807) is 6.92 Å². The summed E-state index contributed by atoms with van der Waals surface area (Å²) in [5, 5.41) is 6.35. The fourth-order valence-electron chi connectivity index (χ4n) is 4.35. The van der Waals surface area contributed by atoms with Gasteiger partial charge in [-0.05, 0) is 24.3 Å². The fourth-order valence-corrected chi connectivity index (χ4v) is 5.25. The molecule has 1 aromatic heterocycles. The van der Waals surface area contributed by atoms with Gasteiger partial charge in [0.15, 0.2) is 5.13 Å². The van der Waals surface area contributed by atoms with Gasteiger partial charge in [-0.3, -0.25) is 24.2 Å². The van der Waals surface area contributed by atoms with Gasteiger partial charge in [-0.15, -0.1) is 11.3 Å². The van der Waals surface area contributed by atoms with Crippen molar-refractivity contribution in [1.82, 2.24) is 19.7 Å². The lowest BCUT2D eigenvalue weighted by atomic mass is 10.2. The molecule has 2 aliphatic heterocycles. The minimum Gasteiger partial charge on any atom is -0.368 e. The molecule has 35 heavy (non-hydrogen) atoms. The molecule has 0 saturated carbocycles. The monoisotopic (exact) mass is 499 g/mol. The van der Waals surface area contributed by atoms with E-state index in [9.17, 15) is 14.4 Å². The normalized spacial score (nSPS) is 17.3. The summed E-state index contributed by atoms with van der Waals surface area (Å²) in [4.78, 5) is 49.2. The Labute approximate surface area is 209 Å². The van der Waals surface area contributed by atoms with Gasteiger partial charge in [-0.1, -0.05) is 0 Å². The number of carbonyl (C=O) groups is 3. The molecule has 3 amide bonds. The minimum absolute atomic E-state index is 0.0105. The summed E-state index contributed by atoms with van der Waals surface area (Å²) in [6.07, 6.45) is 1.81. The molecular formula is C24H33N7O3S. The number of piperazine rings is 2. The number of hydrogen-bond donors (Lipinski definition) is 2. The highest BCUT2D eigenvalue weighted by Crippen LogP contribution is 2.21. The zero-order chi connectivity index (χ0) is 24.8. The largest absolute Gasteiger partial charge is 0.368 e. The van der Waals surface area contributed by atoms with Gasteiger partial charge < -0.3 is 20.4 Å². The number of carbonyl (C=O) groups excluding carboxylic acids is 3. The van der Waals surface area contributed by atoms with Crippen molar-refractivity contribution in [3.05, 3.63) is 35.3 Å². The second-order valence-corrected chi connectivity index (χ2v) is 10.1. The molecule has 2 aliphatic rings. The van der Waals surface area contributed by atoms with Crippen molar-refractivity contribution in [2.75, 3.05) is 74.4 Å². The number of hydrogen-bond acceptors (Lipinski definition) is 8. The maximum atomic E-state index is 12.6. The fraction of sp³-hybridized carbons (Fsp3) is 0.500. The molecule has 0 atom stereocenters. The third-order valence-electron chi connectivity index (χ3n) is 6.29. The van der Waals surface area contributed by atoms with Crippen molar-refractivity contribution in [2.24, 2.45) is 0 Å². The minimum atomic E-state index is -0.113. The van der Waals surface area contributed by atoms with E-state index >= 15 is 0 Å². The zero-order valence-electron chi connectivity index (χ0n) is 20.3. The van der Waals surface area contributed by atoms with E-state index in [2.05, 4.69) is 30.3 Å². The first kappa shape index (κ1) is 25.1. The van der Waals surface area contributed by atoms with Crippen molar-refractivity contribution in [1.29, 1.82) is 0 Å². The molecule has 0 bridgehead atoms. The van der Waals surface area contributed by atoms with Gasteiger partial charge in [0.2, 0.25) is 17.7 Å². The van der Waals surface area contributed by atoms with E-state index in [0.29, 0.717) is 11.7 Å². The van der Waals surface area contributed by atoms with E-state index in [-0.39, 0.29) is 17.7 Å². The molecule has 11 heteroatoms. The maximum Gasteiger partial charge on any atom is 0.238 e. The van der Waals surface area contributed by atoms with Crippen LogP contribution in [0.25, 0.3) is 0 Å². The molecule has 188 valence electrons. The van der Waals surface area contributed by atoms with Crippen LogP contribution in [-0.2, 0) is 20.9 Å². The van der Waals surface area contributed by atoms with E-state index in [1.807, 2.05) is 35.4 Å². The van der Waals surface area contributed by atoms with Gasteiger partial charge in [-0.2, -0.15) is 0 Å². The Morgan fingerprint density at radius 3 is 2.17 bits per heavy atom. The first-order valence-corrected chi connectivity index (χ1v) is 12.7. The van der Waals surface area contributed by atoms with Crippen LogP contribution in [0.3, 0.4) is 0 Å². The molecule has 0 radical (unpaired) electrons. The van der Waals surface area contributed by atoms with Crippen LogP contribution in [0.5, 0.6) is 0 Å². The number of thiazole rings is 1. The molecule has 3 heterocycles. The molecular weight excluding hydrogens is 466 g/mol. The molecule has 0 unspecified atom stereocenters. The first-order valence-electron chi connectivity index (χ1n) is 11.9. The van der Waals surface area contributed by atoms with Crippen molar-refractivity contribution in [3.63, 3.8) is 0 Å². The van der Waals surface area contributed by atoms with Gasteiger partial charge in [0.1, 0.15) is 0 Å². The predicted octanol–water partition coefficient (Wildman–Crippen LogP) is 1.53. The third-order valence-corrected chi connectivity index (χ3v) is 7.19. The molecule has 2 N–H and O–H groups in total. The molecule has 0 spiro atoms. The first-order chi connectivity index (χ1) is 16.9. The van der Waals surface area contributed by atoms with Crippen LogP contribution < -0.4 is 15.5 Å². The molecule has 0 aliphatic carbocycles. The van der Waals surface area contributed by atoms with Crippen LogP contribution in [0.1, 0.15) is 18.7 Å². The zero-order valence-corrected chi connectivity index (χ0v) is 21.1. The molecule has 10 nitrogen and oxygen atoms in total. The molecule has 4 rings (SSSR count). The Morgan fingerprint density at radius 1 is 0.886 bits per heavy atom. The van der Waals surface area contributed by atoms with Gasteiger partial charge in [0, 0.05) is 95.2 Å². The van der Waals surface area contributed by atoms with Crippen molar-refractivity contribution < 1.29 is 14.4 Å². The van der Waals surface area contributed by atoms with Crippen LogP contribution >= 0.6 is 11.3 Å². The molecule has 2 aromatic rings. The standard InChI is InChI=1S/C24H33N7O3S/c1-18(32)26-24-25-15-22(35-24)16-28-7-9-29(10-8-28)17-23(34)27-20-3-5-21(6-4-20)31-13-11-30(12-14-31)19(2)33/h3-6,15H,7-14,16-17H2,1-2H3,(H,27,34)(H,25,26,32). The highest BCUT2D eigenvalue weighted by Gasteiger charge is 2.21. The number of aromatic nitrogens is 1. The van der Waals surface area contributed by atoms with E-state index in [1.165, 1.54) is 18.3 Å². The van der Waals surface area contributed by atoms with Gasteiger partial charge in [-0.25, -0.2) is 4.98 Å². The lowest BCUT2D eigenvalue weighted by molar-refractivity contribution is -0.129. The molecule has 1 aromatic carbocycles. The quantitative estimate of drug-likeness (QED) is 0.596. The number of nitrogens with one attached hydrogen (secondary N) is 2. The molecule has 2 fully saturated rings. The lowest BCUT2D eigenvalue weighted by Gasteiger charge is -2.35. The average molecular weight is 500 g/mol. The Balaban J connectivity index is 1.17. The van der Waals surface area contributed by atoms with Crippen molar-refractivity contribution >= 4 is 45.6 Å². The summed E-state index contributed by atoms with van der Waals surface area (Å²) in [7, 11) is 0. The highest BCUT2D eigenvalue weighted by molar-refractivity contribution is 7.15. The van der Waals surface area contributed by atoms with Crippen molar-refractivity contribution in [2.45, 2.75) is 20.4 Å². The van der Waals surface area contributed by atoms with Gasteiger partial charge in [0.25, 0.3) is 0 Å². The van der Waals surface area contributed by atoms with Gasteiger partial charge in [0.05, 0.1) is 6.54 Å². The number of anilines is 3. The van der Waals surface area contributed by atoms with Crippen LogP contribution in [0.4, 0.5) is 16.5 Å². The Hall–Kier alpha value is -3.02. The van der Waals surface area contributed by atoms with Crippen LogP contribution in [-0.4, -0.2) is 96.3 Å². The Morgan fingerprint density at radius 2 is 1.54 bits per heavy atom. The van der Waals surface area contributed by atoms with E-state index in [4.69, 9.17) is 0 Å². The highest BCUT2D eigenvalue weighted by atomic mass is 32.1. The number of benzene rings is 1.